The molecule has 2 rings (SSSR count). The lowest BCUT2D eigenvalue weighted by Crippen LogP contribution is -2.47. The van der Waals surface area contributed by atoms with Crippen LogP contribution in [0.2, 0.25) is 0 Å². The minimum Gasteiger partial charge on any atom is -0.481 e. The average Bonchev–Trinajstić information content (AvgIpc) is 2.61. The number of carboxylic acids is 1. The van der Waals surface area contributed by atoms with Crippen molar-refractivity contribution < 1.29 is 19.5 Å². The molecule has 0 spiro atoms. The number of likely N-dealkylation sites (N-methyl/N-ethyl adjacent to an activating group) is 1. The molecule has 6 nitrogen and oxygen atoms in total. The van der Waals surface area contributed by atoms with Gasteiger partial charge < -0.3 is 14.9 Å². The lowest BCUT2D eigenvalue weighted by atomic mass is 9.76. The molecular formula is C19H32N2O4. The molecule has 0 aromatic heterocycles. The van der Waals surface area contributed by atoms with Gasteiger partial charge >= 0.3 is 5.97 Å². The van der Waals surface area contributed by atoms with Crippen LogP contribution in [0.1, 0.15) is 52.4 Å². The van der Waals surface area contributed by atoms with Crippen molar-refractivity contribution in [1.82, 2.24) is 9.80 Å². The second kappa shape index (κ2) is 8.68. The number of piperidine rings is 1. The Kier molecular flexibility index (Phi) is 6.85. The minimum absolute atomic E-state index is 0.0286. The Morgan fingerprint density at radius 3 is 2.28 bits per heavy atom. The maximum Gasteiger partial charge on any atom is 0.308 e. The van der Waals surface area contributed by atoms with Crippen molar-refractivity contribution in [3.63, 3.8) is 0 Å². The van der Waals surface area contributed by atoms with Crippen LogP contribution < -0.4 is 0 Å². The molecule has 2 amide bonds. The fraction of sp³-hybridized carbons (Fsp3) is 0.842. The van der Waals surface area contributed by atoms with Crippen LogP contribution in [0.4, 0.5) is 0 Å². The number of nitrogens with zero attached hydrogens (tertiary/aromatic N) is 2. The topological polar surface area (TPSA) is 77.9 Å². The summed E-state index contributed by atoms with van der Waals surface area (Å²) in [6, 6.07) is 0. The SMILES string of the molecule is CC(C)C1CCC(C(=O)N(C)CC(=O)N2CCCC(C(=O)O)C2)CC1. The number of amides is 2. The van der Waals surface area contributed by atoms with E-state index in [1.54, 1.807) is 11.9 Å². The number of hydrogen-bond acceptors (Lipinski definition) is 3. The van der Waals surface area contributed by atoms with Crippen LogP contribution in [0.5, 0.6) is 0 Å². The summed E-state index contributed by atoms with van der Waals surface area (Å²) in [4.78, 5) is 39.3. The summed E-state index contributed by atoms with van der Waals surface area (Å²) < 4.78 is 0. The Morgan fingerprint density at radius 2 is 1.72 bits per heavy atom. The highest BCUT2D eigenvalue weighted by molar-refractivity contribution is 5.86. The molecule has 6 heteroatoms. The van der Waals surface area contributed by atoms with E-state index in [1.165, 1.54) is 4.90 Å². The standard InChI is InChI=1S/C19H32N2O4/c1-13(2)14-6-8-15(9-7-14)18(23)20(3)12-17(22)21-10-4-5-16(11-21)19(24)25/h13-16H,4-12H2,1-3H3,(H,24,25). The Hall–Kier alpha value is -1.59. The molecule has 1 saturated heterocycles. The highest BCUT2D eigenvalue weighted by Crippen LogP contribution is 2.34. The molecule has 1 atom stereocenters. The van der Waals surface area contributed by atoms with Crippen LogP contribution >= 0.6 is 0 Å². The van der Waals surface area contributed by atoms with E-state index in [4.69, 9.17) is 5.11 Å². The molecule has 1 aliphatic carbocycles. The third-order valence-corrected chi connectivity index (χ3v) is 5.94. The molecule has 142 valence electrons. The molecule has 1 saturated carbocycles. The largest absolute Gasteiger partial charge is 0.481 e. The highest BCUT2D eigenvalue weighted by atomic mass is 16.4. The molecule has 1 N–H and O–H groups in total. The van der Waals surface area contributed by atoms with E-state index in [9.17, 15) is 14.4 Å². The van der Waals surface area contributed by atoms with Crippen LogP contribution in [0, 0.1) is 23.7 Å². The van der Waals surface area contributed by atoms with E-state index >= 15 is 0 Å². The average molecular weight is 352 g/mol. The van der Waals surface area contributed by atoms with Crippen molar-refractivity contribution in [3.8, 4) is 0 Å². The van der Waals surface area contributed by atoms with Crippen LogP contribution in [0.25, 0.3) is 0 Å². The maximum atomic E-state index is 12.6. The third kappa shape index (κ3) is 5.19. The van der Waals surface area contributed by atoms with Gasteiger partial charge in [0.2, 0.25) is 11.8 Å². The highest BCUT2D eigenvalue weighted by Gasteiger charge is 2.32. The van der Waals surface area contributed by atoms with Crippen molar-refractivity contribution in [1.29, 1.82) is 0 Å². The number of rotatable bonds is 5. The summed E-state index contributed by atoms with van der Waals surface area (Å²) in [5.41, 5.74) is 0. The Morgan fingerprint density at radius 1 is 1.08 bits per heavy atom. The second-order valence-corrected chi connectivity index (χ2v) is 8.07. The smallest absolute Gasteiger partial charge is 0.308 e. The molecular weight excluding hydrogens is 320 g/mol. The van der Waals surface area contributed by atoms with E-state index < -0.39 is 11.9 Å². The van der Waals surface area contributed by atoms with Gasteiger partial charge in [-0.05, 0) is 50.4 Å². The Bertz CT molecular complexity index is 498. The number of likely N-dealkylation sites (tertiary alicyclic amines) is 1. The zero-order valence-electron chi connectivity index (χ0n) is 15.7. The number of carbonyl (C=O) groups excluding carboxylic acids is 2. The van der Waals surface area contributed by atoms with Crippen molar-refractivity contribution >= 4 is 17.8 Å². The molecule has 2 aliphatic rings. The van der Waals surface area contributed by atoms with Gasteiger partial charge in [-0.2, -0.15) is 0 Å². The normalized spacial score (nSPS) is 27.2. The minimum atomic E-state index is -0.844. The van der Waals surface area contributed by atoms with Crippen LogP contribution in [0.15, 0.2) is 0 Å². The van der Waals surface area contributed by atoms with Crippen molar-refractivity contribution in [2.24, 2.45) is 23.7 Å². The summed E-state index contributed by atoms with van der Waals surface area (Å²) in [6.07, 6.45) is 5.31. The predicted octanol–water partition coefficient (Wildman–Crippen LogP) is 2.23. The fourth-order valence-corrected chi connectivity index (χ4v) is 4.13. The lowest BCUT2D eigenvalue weighted by Gasteiger charge is -2.34. The summed E-state index contributed by atoms with van der Waals surface area (Å²) in [7, 11) is 1.69. The van der Waals surface area contributed by atoms with Gasteiger partial charge in [0, 0.05) is 26.1 Å². The first-order valence-electron chi connectivity index (χ1n) is 9.55. The first-order valence-corrected chi connectivity index (χ1v) is 9.55. The Labute approximate surface area is 150 Å². The molecule has 0 aromatic rings. The van der Waals surface area contributed by atoms with E-state index in [0.717, 1.165) is 25.7 Å². The molecule has 1 unspecified atom stereocenters. The molecule has 1 aliphatic heterocycles. The van der Waals surface area contributed by atoms with Crippen LogP contribution in [-0.2, 0) is 14.4 Å². The maximum absolute atomic E-state index is 12.6. The van der Waals surface area contributed by atoms with Gasteiger partial charge in [0.1, 0.15) is 0 Å². The van der Waals surface area contributed by atoms with E-state index in [-0.39, 0.29) is 30.8 Å². The Balaban J connectivity index is 1.82. The zero-order valence-corrected chi connectivity index (χ0v) is 15.7. The molecule has 1 heterocycles. The monoisotopic (exact) mass is 352 g/mol. The van der Waals surface area contributed by atoms with E-state index in [0.29, 0.717) is 31.2 Å². The number of aliphatic carboxylic acids is 1. The number of hydrogen-bond donors (Lipinski definition) is 1. The third-order valence-electron chi connectivity index (χ3n) is 5.94. The summed E-state index contributed by atoms with van der Waals surface area (Å²) in [5, 5.41) is 9.14. The summed E-state index contributed by atoms with van der Waals surface area (Å²) >= 11 is 0. The van der Waals surface area contributed by atoms with Gasteiger partial charge in [-0.25, -0.2) is 0 Å². The van der Waals surface area contributed by atoms with Gasteiger partial charge in [0.25, 0.3) is 0 Å². The first-order chi connectivity index (χ1) is 11.8. The number of carbonyl (C=O) groups is 3. The first kappa shape index (κ1) is 19.7. The van der Waals surface area contributed by atoms with Gasteiger partial charge in [-0.1, -0.05) is 13.8 Å². The molecule has 0 aromatic carbocycles. The van der Waals surface area contributed by atoms with E-state index in [1.807, 2.05) is 0 Å². The lowest BCUT2D eigenvalue weighted by molar-refractivity contribution is -0.148. The van der Waals surface area contributed by atoms with Gasteiger partial charge in [-0.15, -0.1) is 0 Å². The van der Waals surface area contributed by atoms with E-state index in [2.05, 4.69) is 13.8 Å². The quantitative estimate of drug-likeness (QED) is 0.823. The molecule has 0 radical (unpaired) electrons. The molecule has 25 heavy (non-hydrogen) atoms. The van der Waals surface area contributed by atoms with Gasteiger partial charge in [0.05, 0.1) is 12.5 Å². The summed E-state index contributed by atoms with van der Waals surface area (Å²) in [6.45, 7) is 5.37. The molecule has 0 bridgehead atoms. The predicted molar refractivity (Wildman–Crippen MR) is 94.9 cm³/mol. The summed E-state index contributed by atoms with van der Waals surface area (Å²) in [5.74, 6) is -0.0104. The van der Waals surface area contributed by atoms with Gasteiger partial charge in [0.15, 0.2) is 0 Å². The fourth-order valence-electron chi connectivity index (χ4n) is 4.13. The zero-order chi connectivity index (χ0) is 18.6. The van der Waals surface area contributed by atoms with Crippen molar-refractivity contribution in [3.05, 3.63) is 0 Å². The van der Waals surface area contributed by atoms with Crippen molar-refractivity contribution in [2.45, 2.75) is 52.4 Å². The van der Waals surface area contributed by atoms with Gasteiger partial charge in [-0.3, -0.25) is 14.4 Å². The second-order valence-electron chi connectivity index (χ2n) is 8.07. The van der Waals surface area contributed by atoms with Crippen LogP contribution in [-0.4, -0.2) is 59.4 Å². The number of carboxylic acid groups (broad SMARTS) is 1. The molecule has 2 fully saturated rings. The van der Waals surface area contributed by atoms with Crippen LogP contribution in [0.3, 0.4) is 0 Å². The van der Waals surface area contributed by atoms with Crippen molar-refractivity contribution in [2.75, 3.05) is 26.7 Å².